The summed E-state index contributed by atoms with van der Waals surface area (Å²) in [5.74, 6) is -2.27. The van der Waals surface area contributed by atoms with Crippen LogP contribution in [0.4, 0.5) is 35.4 Å². The Hall–Kier alpha value is -2.81. The van der Waals surface area contributed by atoms with Gasteiger partial charge in [0.05, 0.1) is 12.3 Å². The molecular weight excluding hydrogens is 545 g/mol. The van der Waals surface area contributed by atoms with Crippen molar-refractivity contribution >= 4 is 49.5 Å². The summed E-state index contributed by atoms with van der Waals surface area (Å²) in [5, 5.41) is 15.5. The molecule has 38 heavy (non-hydrogen) atoms. The number of nitrogens with zero attached hydrogens (tertiary/aromatic N) is 5. The van der Waals surface area contributed by atoms with Crippen molar-refractivity contribution in [2.75, 3.05) is 28.5 Å². The number of nitrogens with one attached hydrogen (secondary N) is 1. The van der Waals surface area contributed by atoms with Crippen LogP contribution in [0, 0.1) is 11.8 Å². The summed E-state index contributed by atoms with van der Waals surface area (Å²) in [7, 11) is -4.78. The summed E-state index contributed by atoms with van der Waals surface area (Å²) in [6.45, 7) is 10.8. The van der Waals surface area contributed by atoms with Gasteiger partial charge in [0.1, 0.15) is 5.69 Å². The van der Waals surface area contributed by atoms with Crippen molar-refractivity contribution in [2.24, 2.45) is 22.1 Å². The van der Waals surface area contributed by atoms with Crippen molar-refractivity contribution in [1.29, 1.82) is 0 Å². The number of hydrogen-bond donors (Lipinski definition) is 1. The summed E-state index contributed by atoms with van der Waals surface area (Å²) in [6.07, 6.45) is -3.41. The minimum absolute atomic E-state index is 0.00151. The highest BCUT2D eigenvalue weighted by molar-refractivity contribution is 7.92. The van der Waals surface area contributed by atoms with Crippen LogP contribution in [0.15, 0.2) is 22.4 Å². The Bertz CT molecular complexity index is 1280. The van der Waals surface area contributed by atoms with Crippen LogP contribution in [-0.4, -0.2) is 55.7 Å². The molecule has 0 bridgehead atoms. The van der Waals surface area contributed by atoms with Crippen LogP contribution in [-0.2, 0) is 21.2 Å². The van der Waals surface area contributed by atoms with Crippen LogP contribution < -0.4 is 9.62 Å². The number of carbonyl (C=O) groups is 1. The fraction of sp³-hybridized carbons (Fsp3) is 0.609. The van der Waals surface area contributed by atoms with Gasteiger partial charge in [-0.2, -0.15) is 13.2 Å². The molecule has 1 aliphatic rings. The molecule has 1 atom stereocenters. The maximum absolute atomic E-state index is 12.9. The Morgan fingerprint density at radius 1 is 1.21 bits per heavy atom. The number of aromatic nitrogens is 2. The quantitative estimate of drug-likeness (QED) is 0.277. The number of hydrogen-bond acceptors (Lipinski definition) is 10. The summed E-state index contributed by atoms with van der Waals surface area (Å²) in [5.41, 5.74) is 1.48. The van der Waals surface area contributed by atoms with E-state index in [1.54, 1.807) is 6.07 Å². The van der Waals surface area contributed by atoms with E-state index in [2.05, 4.69) is 25.3 Å². The normalized spacial score (nSPS) is 16.4. The van der Waals surface area contributed by atoms with Gasteiger partial charge >= 0.3 is 12.1 Å². The van der Waals surface area contributed by atoms with E-state index in [0.717, 1.165) is 29.0 Å². The van der Waals surface area contributed by atoms with Crippen molar-refractivity contribution in [3.05, 3.63) is 22.7 Å². The third-order valence-electron chi connectivity index (χ3n) is 5.43. The number of rotatable bonds is 10. The van der Waals surface area contributed by atoms with Crippen molar-refractivity contribution < 1.29 is 31.1 Å². The van der Waals surface area contributed by atoms with E-state index in [1.807, 2.05) is 39.3 Å². The van der Waals surface area contributed by atoms with E-state index >= 15 is 0 Å². The van der Waals surface area contributed by atoms with Gasteiger partial charge < -0.3 is 9.64 Å². The number of ether oxygens (including phenoxy) is 1. The minimum Gasteiger partial charge on any atom is -0.460 e. The smallest absolute Gasteiger partial charge is 0.404 e. The van der Waals surface area contributed by atoms with Crippen LogP contribution in [0.2, 0.25) is 0 Å². The maximum atomic E-state index is 12.9. The number of aryl methyl sites for hydroxylation is 1. The monoisotopic (exact) mass is 576 g/mol. The number of sulfonamides is 1. The molecule has 1 aromatic heterocycles. The Balaban J connectivity index is 1.97. The number of benzene rings is 1. The lowest BCUT2D eigenvalue weighted by Gasteiger charge is -2.38. The highest BCUT2D eigenvalue weighted by Gasteiger charge is 2.36. The minimum atomic E-state index is -4.92. The highest BCUT2D eigenvalue weighted by atomic mass is 32.2. The van der Waals surface area contributed by atoms with Crippen LogP contribution in [0.25, 0.3) is 0 Å². The molecule has 0 saturated carbocycles. The molecule has 1 unspecified atom stereocenters. The molecule has 210 valence electrons. The molecule has 10 nitrogen and oxygen atoms in total. The Kier molecular flexibility index (Phi) is 9.34. The van der Waals surface area contributed by atoms with Crippen LogP contribution >= 0.6 is 11.3 Å². The second-order valence-corrected chi connectivity index (χ2v) is 12.7. The Morgan fingerprint density at radius 3 is 2.55 bits per heavy atom. The Morgan fingerprint density at radius 2 is 1.92 bits per heavy atom. The zero-order chi connectivity index (χ0) is 28.3. The first-order chi connectivity index (χ1) is 17.6. The van der Waals surface area contributed by atoms with E-state index in [1.165, 1.54) is 6.07 Å². The standard InChI is InChI=1S/C23H31F3N6O4S2/c1-13(2)10-32-15(5)6-7-16-8-17(18(9-19(16)32)31-38(34,35)12-23(24,25)26)27-29-22-30-28-20(37-22)21(33)36-11-14(3)4/h8-9,13-15,31H,6-7,10-12H2,1-5H3. The average molecular weight is 577 g/mol. The second kappa shape index (κ2) is 11.9. The van der Waals surface area contributed by atoms with Crippen LogP contribution in [0.5, 0.6) is 0 Å². The van der Waals surface area contributed by atoms with Crippen molar-refractivity contribution in [2.45, 2.75) is 59.7 Å². The highest BCUT2D eigenvalue weighted by Crippen LogP contribution is 2.40. The molecule has 2 heterocycles. The van der Waals surface area contributed by atoms with Gasteiger partial charge in [0, 0.05) is 18.3 Å². The van der Waals surface area contributed by atoms with E-state index in [4.69, 9.17) is 4.74 Å². The topological polar surface area (TPSA) is 126 Å². The number of anilines is 2. The SMILES string of the molecule is CC(C)COC(=O)c1nnc(N=Nc2cc3c(cc2NS(=O)(=O)CC(F)(F)F)N(CC(C)C)C(C)CC3)s1. The number of alkyl halides is 3. The van der Waals surface area contributed by atoms with Gasteiger partial charge in [0.25, 0.3) is 5.13 Å². The number of halogens is 3. The molecule has 0 spiro atoms. The molecule has 1 aromatic carbocycles. The van der Waals surface area contributed by atoms with Gasteiger partial charge in [-0.15, -0.1) is 20.4 Å². The molecule has 1 N–H and O–H groups in total. The molecule has 0 amide bonds. The molecule has 15 heteroatoms. The van der Waals surface area contributed by atoms with E-state index in [0.29, 0.717) is 18.9 Å². The number of carbonyl (C=O) groups excluding carboxylic acids is 1. The number of esters is 1. The van der Waals surface area contributed by atoms with Crippen molar-refractivity contribution in [3.8, 4) is 0 Å². The molecule has 2 aromatic rings. The first-order valence-corrected chi connectivity index (χ1v) is 14.5. The maximum Gasteiger partial charge on any atom is 0.404 e. The summed E-state index contributed by atoms with van der Waals surface area (Å²) >= 11 is 0.822. The van der Waals surface area contributed by atoms with Gasteiger partial charge in [-0.25, -0.2) is 13.2 Å². The summed E-state index contributed by atoms with van der Waals surface area (Å²) in [6, 6.07) is 3.28. The predicted molar refractivity (Wildman–Crippen MR) is 139 cm³/mol. The van der Waals surface area contributed by atoms with Gasteiger partial charge in [-0.3, -0.25) is 4.72 Å². The molecule has 3 rings (SSSR count). The van der Waals surface area contributed by atoms with E-state index in [9.17, 15) is 26.4 Å². The van der Waals surface area contributed by atoms with Crippen molar-refractivity contribution in [1.82, 2.24) is 10.2 Å². The predicted octanol–water partition coefficient (Wildman–Crippen LogP) is 5.87. The van der Waals surface area contributed by atoms with Crippen LogP contribution in [0.3, 0.4) is 0 Å². The molecule has 1 aliphatic heterocycles. The molecule has 0 fully saturated rings. The van der Waals surface area contributed by atoms with E-state index < -0.39 is 27.9 Å². The lowest BCUT2D eigenvalue weighted by Crippen LogP contribution is -2.39. The lowest BCUT2D eigenvalue weighted by atomic mass is 9.94. The number of fused-ring (bicyclic) bond motifs is 1. The zero-order valence-electron chi connectivity index (χ0n) is 21.7. The molecular formula is C23H31F3N6O4S2. The van der Waals surface area contributed by atoms with Gasteiger partial charge in [0.2, 0.25) is 15.0 Å². The molecule has 0 saturated heterocycles. The van der Waals surface area contributed by atoms with Gasteiger partial charge in [-0.1, -0.05) is 39.0 Å². The van der Waals surface area contributed by atoms with E-state index in [-0.39, 0.29) is 40.1 Å². The fourth-order valence-corrected chi connectivity index (χ4v) is 5.40. The second-order valence-electron chi connectivity index (χ2n) is 9.99. The zero-order valence-corrected chi connectivity index (χ0v) is 23.4. The first kappa shape index (κ1) is 29.7. The first-order valence-electron chi connectivity index (χ1n) is 12.1. The fourth-order valence-electron chi connectivity index (χ4n) is 3.84. The van der Waals surface area contributed by atoms with Crippen LogP contribution in [0.1, 0.15) is 56.4 Å². The van der Waals surface area contributed by atoms with Gasteiger partial charge in [0.15, 0.2) is 5.75 Å². The largest absolute Gasteiger partial charge is 0.460 e. The lowest BCUT2D eigenvalue weighted by molar-refractivity contribution is -0.106. The number of azo groups is 1. The third kappa shape index (κ3) is 8.35. The molecule has 0 aliphatic carbocycles. The average Bonchev–Trinajstić information content (AvgIpc) is 3.25. The summed E-state index contributed by atoms with van der Waals surface area (Å²) in [4.78, 5) is 14.2. The van der Waals surface area contributed by atoms with Gasteiger partial charge in [-0.05, 0) is 49.3 Å². The summed E-state index contributed by atoms with van der Waals surface area (Å²) < 4.78 is 70.5. The van der Waals surface area contributed by atoms with Crippen molar-refractivity contribution in [3.63, 3.8) is 0 Å². The Labute approximate surface area is 223 Å². The third-order valence-corrected chi connectivity index (χ3v) is 7.46. The molecule has 0 radical (unpaired) electrons.